The van der Waals surface area contributed by atoms with Gasteiger partial charge >= 0.3 is 6.01 Å². The fraction of sp³-hybridized carbons (Fsp3) is 0.483. The highest BCUT2D eigenvalue weighted by molar-refractivity contribution is 5.79. The molecule has 1 aromatic heterocycles. The summed E-state index contributed by atoms with van der Waals surface area (Å²) in [5.74, 6) is 1.94. The second kappa shape index (κ2) is 11.8. The lowest BCUT2D eigenvalue weighted by Gasteiger charge is -2.33. The molecule has 0 aliphatic carbocycles. The van der Waals surface area contributed by atoms with Crippen molar-refractivity contribution in [3.63, 3.8) is 0 Å². The molecule has 1 amide bonds. The predicted molar refractivity (Wildman–Crippen MR) is 143 cm³/mol. The Hall–Kier alpha value is -3.39. The largest absolute Gasteiger partial charge is 0.497 e. The number of hydrogen-bond donors (Lipinski definition) is 1. The van der Waals surface area contributed by atoms with Crippen molar-refractivity contribution in [2.24, 2.45) is 11.8 Å². The number of ether oxygens (including phenoxy) is 1. The van der Waals surface area contributed by atoms with Gasteiger partial charge in [-0.05, 0) is 81.4 Å². The van der Waals surface area contributed by atoms with E-state index >= 15 is 0 Å². The lowest BCUT2D eigenvalue weighted by Crippen LogP contribution is -2.45. The fourth-order valence-corrected chi connectivity index (χ4v) is 5.37. The van der Waals surface area contributed by atoms with Crippen molar-refractivity contribution in [3.05, 3.63) is 59.7 Å². The number of aryl methyl sites for hydroxylation is 1. The Labute approximate surface area is 219 Å². The van der Waals surface area contributed by atoms with Gasteiger partial charge in [-0.1, -0.05) is 35.0 Å². The number of anilines is 1. The third-order valence-electron chi connectivity index (χ3n) is 7.59. The maximum absolute atomic E-state index is 13.0. The average molecular weight is 504 g/mol. The van der Waals surface area contributed by atoms with E-state index in [0.29, 0.717) is 24.3 Å². The molecule has 37 heavy (non-hydrogen) atoms. The number of methoxy groups -OCH3 is 1. The van der Waals surface area contributed by atoms with E-state index in [2.05, 4.69) is 51.5 Å². The number of nitrogens with one attached hydrogen (secondary N) is 1. The molecule has 0 saturated carbocycles. The molecule has 1 atom stereocenters. The van der Waals surface area contributed by atoms with Gasteiger partial charge in [0.15, 0.2) is 0 Å². The minimum Gasteiger partial charge on any atom is -0.497 e. The number of carbonyl (C=O) groups excluding carboxylic acids is 1. The SMILES string of the molecule is COc1ccc(-c2noc(N3CCCC(C(=O)NCC4CCN(Cc5cccc(C)c5)CC4)C3)n2)cc1. The smallest absolute Gasteiger partial charge is 0.324 e. The highest BCUT2D eigenvalue weighted by Crippen LogP contribution is 2.26. The number of likely N-dealkylation sites (tertiary alicyclic amines) is 1. The van der Waals surface area contributed by atoms with Crippen LogP contribution in [0.3, 0.4) is 0 Å². The third kappa shape index (κ3) is 6.49. The lowest BCUT2D eigenvalue weighted by molar-refractivity contribution is -0.125. The summed E-state index contributed by atoms with van der Waals surface area (Å²) in [6, 6.07) is 16.8. The maximum atomic E-state index is 13.0. The van der Waals surface area contributed by atoms with Crippen molar-refractivity contribution in [2.45, 2.75) is 39.2 Å². The van der Waals surface area contributed by atoms with Crippen LogP contribution in [0.4, 0.5) is 6.01 Å². The van der Waals surface area contributed by atoms with Crippen molar-refractivity contribution < 1.29 is 14.1 Å². The minimum absolute atomic E-state index is 0.0634. The topological polar surface area (TPSA) is 83.7 Å². The normalized spacial score (nSPS) is 19.1. The van der Waals surface area contributed by atoms with Crippen LogP contribution in [0.1, 0.15) is 36.8 Å². The monoisotopic (exact) mass is 503 g/mol. The Morgan fingerprint density at radius 1 is 1.11 bits per heavy atom. The number of benzene rings is 2. The van der Waals surface area contributed by atoms with E-state index in [1.165, 1.54) is 11.1 Å². The molecular weight excluding hydrogens is 466 g/mol. The first kappa shape index (κ1) is 25.3. The number of amides is 1. The van der Waals surface area contributed by atoms with Crippen LogP contribution in [0.2, 0.25) is 0 Å². The van der Waals surface area contributed by atoms with E-state index in [4.69, 9.17) is 9.26 Å². The number of carbonyl (C=O) groups is 1. The van der Waals surface area contributed by atoms with Crippen molar-refractivity contribution in [2.75, 3.05) is 44.7 Å². The lowest BCUT2D eigenvalue weighted by atomic mass is 9.94. The zero-order valence-corrected chi connectivity index (χ0v) is 21.9. The fourth-order valence-electron chi connectivity index (χ4n) is 5.37. The highest BCUT2D eigenvalue weighted by atomic mass is 16.5. The maximum Gasteiger partial charge on any atom is 0.324 e. The van der Waals surface area contributed by atoms with Gasteiger partial charge in [-0.3, -0.25) is 9.69 Å². The molecule has 2 fully saturated rings. The zero-order valence-electron chi connectivity index (χ0n) is 21.9. The quantitative estimate of drug-likeness (QED) is 0.491. The molecule has 2 saturated heterocycles. The summed E-state index contributed by atoms with van der Waals surface area (Å²) in [6.07, 6.45) is 4.06. The predicted octanol–water partition coefficient (Wildman–Crippen LogP) is 4.30. The van der Waals surface area contributed by atoms with Crippen molar-refractivity contribution in [1.29, 1.82) is 0 Å². The van der Waals surface area contributed by atoms with E-state index < -0.39 is 0 Å². The van der Waals surface area contributed by atoms with E-state index in [1.807, 2.05) is 29.2 Å². The molecule has 0 spiro atoms. The summed E-state index contributed by atoms with van der Waals surface area (Å²) in [7, 11) is 1.64. The minimum atomic E-state index is -0.0634. The number of aromatic nitrogens is 2. The molecule has 0 radical (unpaired) electrons. The Morgan fingerprint density at radius 3 is 2.68 bits per heavy atom. The van der Waals surface area contributed by atoms with Gasteiger partial charge in [0, 0.05) is 31.7 Å². The first-order chi connectivity index (χ1) is 18.1. The van der Waals surface area contributed by atoms with Crippen LogP contribution in [-0.4, -0.2) is 60.8 Å². The van der Waals surface area contributed by atoms with Crippen LogP contribution in [0.25, 0.3) is 11.4 Å². The molecule has 1 unspecified atom stereocenters. The summed E-state index contributed by atoms with van der Waals surface area (Å²) in [5, 5.41) is 7.39. The van der Waals surface area contributed by atoms with E-state index in [9.17, 15) is 4.79 Å². The second-order valence-corrected chi connectivity index (χ2v) is 10.4. The van der Waals surface area contributed by atoms with Crippen LogP contribution in [0.15, 0.2) is 53.1 Å². The van der Waals surface area contributed by atoms with Crippen molar-refractivity contribution >= 4 is 11.9 Å². The first-order valence-corrected chi connectivity index (χ1v) is 13.4. The van der Waals surface area contributed by atoms with E-state index in [0.717, 1.165) is 69.7 Å². The molecule has 2 aliphatic heterocycles. The van der Waals surface area contributed by atoms with Gasteiger partial charge in [-0.15, -0.1) is 0 Å². The molecular formula is C29H37N5O3. The molecule has 2 aromatic carbocycles. The molecule has 2 aliphatic rings. The van der Waals surface area contributed by atoms with E-state index in [-0.39, 0.29) is 11.8 Å². The zero-order chi connectivity index (χ0) is 25.6. The van der Waals surface area contributed by atoms with Gasteiger partial charge in [-0.25, -0.2) is 0 Å². The third-order valence-corrected chi connectivity index (χ3v) is 7.59. The summed E-state index contributed by atoms with van der Waals surface area (Å²) in [6.45, 7) is 7.49. The molecule has 5 rings (SSSR count). The van der Waals surface area contributed by atoms with Crippen LogP contribution in [0.5, 0.6) is 5.75 Å². The molecule has 3 heterocycles. The Bertz CT molecular complexity index is 1170. The van der Waals surface area contributed by atoms with E-state index in [1.54, 1.807) is 7.11 Å². The number of nitrogens with zero attached hydrogens (tertiary/aromatic N) is 4. The second-order valence-electron chi connectivity index (χ2n) is 10.4. The van der Waals surface area contributed by atoms with Gasteiger partial charge in [0.05, 0.1) is 13.0 Å². The molecule has 8 nitrogen and oxygen atoms in total. The first-order valence-electron chi connectivity index (χ1n) is 13.4. The van der Waals surface area contributed by atoms with Crippen molar-refractivity contribution in [3.8, 4) is 17.1 Å². The van der Waals surface area contributed by atoms with Crippen LogP contribution < -0.4 is 15.0 Å². The number of piperidine rings is 2. The van der Waals surface area contributed by atoms with Crippen LogP contribution in [-0.2, 0) is 11.3 Å². The van der Waals surface area contributed by atoms with Gasteiger partial charge in [0.25, 0.3) is 0 Å². The average Bonchev–Trinajstić information content (AvgIpc) is 3.43. The standard InChI is InChI=1S/C29H37N5O3/c1-21-5-3-6-23(17-21)19-33-15-12-22(13-16-33)18-30-28(35)25-7-4-14-34(20-25)29-31-27(32-37-29)24-8-10-26(36-2)11-9-24/h3,5-6,8-11,17,22,25H,4,7,12-16,18-20H2,1-2H3,(H,30,35). The summed E-state index contributed by atoms with van der Waals surface area (Å²) < 4.78 is 10.8. The van der Waals surface area contributed by atoms with Crippen LogP contribution >= 0.6 is 0 Å². The van der Waals surface area contributed by atoms with Crippen molar-refractivity contribution in [1.82, 2.24) is 20.4 Å². The summed E-state index contributed by atoms with van der Waals surface area (Å²) >= 11 is 0. The molecule has 3 aromatic rings. The van der Waals surface area contributed by atoms with Gasteiger partial charge in [0.1, 0.15) is 5.75 Å². The van der Waals surface area contributed by atoms with Gasteiger partial charge in [0.2, 0.25) is 11.7 Å². The molecule has 0 bridgehead atoms. The highest BCUT2D eigenvalue weighted by Gasteiger charge is 2.29. The Balaban J connectivity index is 1.08. The molecule has 8 heteroatoms. The van der Waals surface area contributed by atoms with Gasteiger partial charge < -0.3 is 19.5 Å². The Kier molecular flexibility index (Phi) is 8.04. The summed E-state index contributed by atoms with van der Waals surface area (Å²) in [5.41, 5.74) is 3.56. The number of hydrogen-bond acceptors (Lipinski definition) is 7. The number of rotatable bonds is 8. The van der Waals surface area contributed by atoms with Gasteiger partial charge in [-0.2, -0.15) is 4.98 Å². The summed E-state index contributed by atoms with van der Waals surface area (Å²) in [4.78, 5) is 22.2. The molecule has 196 valence electrons. The Morgan fingerprint density at radius 2 is 1.92 bits per heavy atom. The molecule has 1 N–H and O–H groups in total. The van der Waals surface area contributed by atoms with Crippen LogP contribution in [0, 0.1) is 18.8 Å².